The van der Waals surface area contributed by atoms with Crippen LogP contribution in [-0.2, 0) is 21.2 Å². The van der Waals surface area contributed by atoms with Crippen LogP contribution in [0.2, 0.25) is 0 Å². The van der Waals surface area contributed by atoms with Gasteiger partial charge in [-0.1, -0.05) is 43.5 Å². The highest BCUT2D eigenvalue weighted by Crippen LogP contribution is 2.32. The lowest BCUT2D eigenvalue weighted by Gasteiger charge is -2.26. The second-order valence-electron chi connectivity index (χ2n) is 7.39. The highest BCUT2D eigenvalue weighted by atomic mass is 35.5. The summed E-state index contributed by atoms with van der Waals surface area (Å²) >= 11 is 6.08. The van der Waals surface area contributed by atoms with Gasteiger partial charge < -0.3 is 0 Å². The van der Waals surface area contributed by atoms with E-state index in [-0.39, 0.29) is 10.9 Å². The minimum Gasteiger partial charge on any atom is -0.296 e. The molecule has 1 fully saturated rings. The molecule has 2 aliphatic rings. The predicted octanol–water partition coefficient (Wildman–Crippen LogP) is 3.58. The number of carbonyl (C=O) groups excluding carboxylic acids is 1. The third kappa shape index (κ3) is 4.53. The monoisotopic (exact) mass is 423 g/mol. The quantitative estimate of drug-likeness (QED) is 0.599. The number of nitrogens with zero attached hydrogens (tertiary/aromatic N) is 3. The number of hydrogen-bond acceptors (Lipinski definition) is 5. The summed E-state index contributed by atoms with van der Waals surface area (Å²) < 4.78 is 27.2. The van der Waals surface area contributed by atoms with Gasteiger partial charge in [0.2, 0.25) is 10.0 Å². The van der Waals surface area contributed by atoms with Crippen molar-refractivity contribution < 1.29 is 13.2 Å². The molecule has 1 aromatic rings. The van der Waals surface area contributed by atoms with E-state index in [4.69, 9.17) is 11.6 Å². The van der Waals surface area contributed by atoms with Gasteiger partial charge in [-0.25, -0.2) is 18.4 Å². The molecule has 1 aromatic carbocycles. The first-order valence-electron chi connectivity index (χ1n) is 9.80. The molecule has 1 saturated heterocycles. The predicted molar refractivity (Wildman–Crippen MR) is 112 cm³/mol. The van der Waals surface area contributed by atoms with Crippen molar-refractivity contribution >= 4 is 38.8 Å². The van der Waals surface area contributed by atoms with Gasteiger partial charge >= 0.3 is 0 Å². The lowest BCUT2D eigenvalue weighted by Crippen LogP contribution is -2.35. The molecule has 2 heterocycles. The molecule has 28 heavy (non-hydrogen) atoms. The Hall–Kier alpha value is -1.57. The molecule has 0 aromatic heterocycles. The highest BCUT2D eigenvalue weighted by Gasteiger charge is 2.35. The van der Waals surface area contributed by atoms with Crippen LogP contribution < -0.4 is 0 Å². The van der Waals surface area contributed by atoms with Crippen LogP contribution in [0.15, 0.2) is 39.1 Å². The number of rotatable bonds is 8. The van der Waals surface area contributed by atoms with Crippen molar-refractivity contribution in [2.75, 3.05) is 13.1 Å². The van der Waals surface area contributed by atoms with E-state index >= 15 is 0 Å². The fourth-order valence-corrected chi connectivity index (χ4v) is 5.47. The molecule has 1 unspecified atom stereocenters. The molecule has 0 N–H and O–H groups in total. The Morgan fingerprint density at radius 3 is 2.39 bits per heavy atom. The lowest BCUT2D eigenvalue weighted by atomic mass is 9.95. The first-order valence-corrected chi connectivity index (χ1v) is 11.6. The minimum atomic E-state index is -3.45. The summed E-state index contributed by atoms with van der Waals surface area (Å²) in [7, 11) is -3.45. The second-order valence-corrected chi connectivity index (χ2v) is 9.68. The van der Waals surface area contributed by atoms with E-state index in [2.05, 4.69) is 16.9 Å². The normalized spacial score (nSPS) is 23.4. The van der Waals surface area contributed by atoms with E-state index in [0.29, 0.717) is 37.1 Å². The van der Waals surface area contributed by atoms with Crippen molar-refractivity contribution in [3.05, 3.63) is 29.8 Å². The molecule has 2 aliphatic heterocycles. The molecule has 0 bridgehead atoms. The van der Waals surface area contributed by atoms with E-state index in [1.54, 1.807) is 16.4 Å². The highest BCUT2D eigenvalue weighted by molar-refractivity contribution is 7.89. The van der Waals surface area contributed by atoms with Crippen LogP contribution in [0.1, 0.15) is 51.0 Å². The van der Waals surface area contributed by atoms with Crippen molar-refractivity contribution in [1.29, 1.82) is 0 Å². The summed E-state index contributed by atoms with van der Waals surface area (Å²) in [6.07, 6.45) is 6.58. The molecule has 0 saturated carbocycles. The van der Waals surface area contributed by atoms with Crippen molar-refractivity contribution in [2.45, 2.75) is 62.4 Å². The number of benzene rings is 1. The maximum Gasteiger partial charge on any atom is 0.243 e. The number of piperidine rings is 1. The van der Waals surface area contributed by atoms with Crippen molar-refractivity contribution in [1.82, 2.24) is 4.31 Å². The molecular formula is C20H26ClN3O3S. The number of hydrogen-bond donors (Lipinski definition) is 0. The van der Waals surface area contributed by atoms with Gasteiger partial charge in [0, 0.05) is 19.5 Å². The average molecular weight is 424 g/mol. The molecule has 0 spiro atoms. The summed E-state index contributed by atoms with van der Waals surface area (Å²) in [5.74, 6) is 0. The van der Waals surface area contributed by atoms with Crippen molar-refractivity contribution in [3.63, 3.8) is 0 Å². The zero-order valence-electron chi connectivity index (χ0n) is 16.1. The van der Waals surface area contributed by atoms with Gasteiger partial charge in [0.1, 0.15) is 5.71 Å². The van der Waals surface area contributed by atoms with Crippen molar-refractivity contribution in [2.24, 2.45) is 9.98 Å². The van der Waals surface area contributed by atoms with Gasteiger partial charge in [-0.2, -0.15) is 4.31 Å². The van der Waals surface area contributed by atoms with E-state index in [9.17, 15) is 13.2 Å². The number of aldehydes is 1. The molecule has 3 rings (SSSR count). The summed E-state index contributed by atoms with van der Waals surface area (Å²) in [4.78, 5) is 20.4. The number of sulfonamides is 1. The molecule has 0 radical (unpaired) electrons. The summed E-state index contributed by atoms with van der Waals surface area (Å²) in [6.45, 7) is 3.25. The molecule has 152 valence electrons. The summed E-state index contributed by atoms with van der Waals surface area (Å²) in [6, 6.07) is 6.92. The van der Waals surface area contributed by atoms with Crippen LogP contribution in [0.25, 0.3) is 0 Å². The van der Waals surface area contributed by atoms with Gasteiger partial charge in [0.05, 0.1) is 4.90 Å². The molecule has 8 heteroatoms. The Kier molecular flexibility index (Phi) is 6.68. The van der Waals surface area contributed by atoms with Crippen LogP contribution in [-0.4, -0.2) is 48.6 Å². The Morgan fingerprint density at radius 1 is 1.14 bits per heavy atom. The van der Waals surface area contributed by atoms with E-state index in [1.807, 2.05) is 12.1 Å². The van der Waals surface area contributed by atoms with Crippen LogP contribution >= 0.6 is 11.6 Å². The number of unbranched alkanes of at least 4 members (excludes halogenated alkanes) is 1. The average Bonchev–Trinajstić information content (AvgIpc) is 3.03. The first-order chi connectivity index (χ1) is 13.4. The van der Waals surface area contributed by atoms with Gasteiger partial charge in [0.25, 0.3) is 0 Å². The summed E-state index contributed by atoms with van der Waals surface area (Å²) in [5, 5.41) is 0.149. The Balaban J connectivity index is 1.80. The number of aliphatic imine (C=N–C) groups is 2. The Morgan fingerprint density at radius 2 is 1.82 bits per heavy atom. The number of carbonyl (C=O) groups is 1. The second kappa shape index (κ2) is 8.84. The lowest BCUT2D eigenvalue weighted by molar-refractivity contribution is -0.102. The molecular weight excluding hydrogens is 398 g/mol. The topological polar surface area (TPSA) is 79.2 Å². The zero-order valence-corrected chi connectivity index (χ0v) is 17.7. The van der Waals surface area contributed by atoms with Gasteiger partial charge in [0.15, 0.2) is 17.1 Å². The van der Waals surface area contributed by atoms with Gasteiger partial charge in [-0.05, 0) is 43.4 Å². The molecule has 1 atom stereocenters. The van der Waals surface area contributed by atoms with Crippen LogP contribution in [0.4, 0.5) is 0 Å². The van der Waals surface area contributed by atoms with Crippen molar-refractivity contribution in [3.8, 4) is 0 Å². The largest absolute Gasteiger partial charge is 0.296 e. The fourth-order valence-electron chi connectivity index (χ4n) is 3.71. The third-order valence-electron chi connectivity index (χ3n) is 5.25. The summed E-state index contributed by atoms with van der Waals surface area (Å²) in [5.41, 5.74) is 0.316. The number of halogens is 1. The SMILES string of the molecule is CCCCC1(Cc2ccc(S(=O)(=O)N3CCCCC3)cc2)N=C(Cl)C(C=O)=N1. The maximum absolute atomic E-state index is 12.8. The van der Waals surface area contributed by atoms with Gasteiger partial charge in [-0.15, -0.1) is 0 Å². The molecule has 0 amide bonds. The fraction of sp³-hybridized carbons (Fsp3) is 0.550. The standard InChI is InChI=1S/C20H26ClN3O3S/c1-2-3-11-20(22-18(15-25)19(21)23-20)14-16-7-9-17(10-8-16)28(26,27)24-12-5-4-6-13-24/h7-10,15H,2-6,11-14H2,1H3. The first kappa shape index (κ1) is 21.1. The maximum atomic E-state index is 12.8. The zero-order chi connectivity index (χ0) is 20.2. The minimum absolute atomic E-state index is 0.149. The smallest absolute Gasteiger partial charge is 0.243 e. The van der Waals surface area contributed by atoms with Gasteiger partial charge in [-0.3, -0.25) is 4.79 Å². The van der Waals surface area contributed by atoms with E-state index in [0.717, 1.165) is 37.7 Å². The third-order valence-corrected chi connectivity index (χ3v) is 7.44. The van der Waals surface area contributed by atoms with E-state index < -0.39 is 15.7 Å². The molecule has 6 nitrogen and oxygen atoms in total. The Bertz CT molecular complexity index is 874. The van der Waals surface area contributed by atoms with E-state index in [1.165, 1.54) is 0 Å². The van der Waals surface area contributed by atoms with Crippen LogP contribution in [0, 0.1) is 0 Å². The van der Waals surface area contributed by atoms with Crippen LogP contribution in [0.3, 0.4) is 0 Å². The molecule has 0 aliphatic carbocycles. The van der Waals surface area contributed by atoms with Crippen LogP contribution in [0.5, 0.6) is 0 Å². The Labute approximate surface area is 171 Å².